The van der Waals surface area contributed by atoms with Gasteiger partial charge in [0.15, 0.2) is 0 Å². The number of carbonyl (C=O) groups is 1. The van der Waals surface area contributed by atoms with Crippen molar-refractivity contribution in [1.82, 2.24) is 9.62 Å². The fourth-order valence-corrected chi connectivity index (χ4v) is 6.00. The monoisotopic (exact) mass is 424 g/mol. The second kappa shape index (κ2) is 7.08. The zero-order valence-electron chi connectivity index (χ0n) is 13.3. The van der Waals surface area contributed by atoms with Crippen molar-refractivity contribution in [3.05, 3.63) is 15.9 Å². The number of hydrogen-bond donors (Lipinski definition) is 1. The van der Waals surface area contributed by atoms with E-state index in [1.807, 2.05) is 0 Å². The summed E-state index contributed by atoms with van der Waals surface area (Å²) in [5.74, 6) is 0. The number of halogens is 1. The van der Waals surface area contributed by atoms with E-state index in [-0.39, 0.29) is 12.6 Å². The van der Waals surface area contributed by atoms with Gasteiger partial charge in [-0.3, -0.25) is 0 Å². The highest BCUT2D eigenvalue weighted by molar-refractivity contribution is 9.11. The lowest BCUT2D eigenvalue weighted by Crippen LogP contribution is -2.50. The Morgan fingerprint density at radius 1 is 1.43 bits per heavy atom. The summed E-state index contributed by atoms with van der Waals surface area (Å²) < 4.78 is 33.0. The first-order valence-corrected chi connectivity index (χ1v) is 10.4. The van der Waals surface area contributed by atoms with E-state index in [4.69, 9.17) is 4.74 Å². The van der Waals surface area contributed by atoms with E-state index in [0.717, 1.165) is 10.2 Å². The molecule has 1 saturated heterocycles. The third-order valence-corrected chi connectivity index (χ3v) is 7.20. The molecule has 1 fully saturated rings. The van der Waals surface area contributed by atoms with Crippen LogP contribution in [0.2, 0.25) is 0 Å². The van der Waals surface area contributed by atoms with Crippen molar-refractivity contribution in [3.63, 3.8) is 0 Å². The molecule has 23 heavy (non-hydrogen) atoms. The van der Waals surface area contributed by atoms with E-state index in [0.29, 0.717) is 17.2 Å². The highest BCUT2D eigenvalue weighted by atomic mass is 79.9. The van der Waals surface area contributed by atoms with Gasteiger partial charge in [0.1, 0.15) is 9.81 Å². The summed E-state index contributed by atoms with van der Waals surface area (Å²) in [6, 6.07) is 3.07. The van der Waals surface area contributed by atoms with Gasteiger partial charge in [0.2, 0.25) is 0 Å². The maximum Gasteiger partial charge on any atom is 0.407 e. The van der Waals surface area contributed by atoms with Crippen molar-refractivity contribution < 1.29 is 17.9 Å². The van der Waals surface area contributed by atoms with Crippen LogP contribution in [0, 0.1) is 0 Å². The van der Waals surface area contributed by atoms with E-state index in [1.54, 1.807) is 32.9 Å². The molecule has 1 aliphatic heterocycles. The van der Waals surface area contributed by atoms with Gasteiger partial charge in [-0.1, -0.05) is 0 Å². The molecule has 130 valence electrons. The molecule has 9 heteroatoms. The Bertz CT molecular complexity index is 667. The Kier molecular flexibility index (Phi) is 5.76. The number of hydrogen-bond acceptors (Lipinski definition) is 5. The molecule has 1 amide bonds. The first-order chi connectivity index (χ1) is 10.6. The number of nitrogens with zero attached hydrogens (tertiary/aromatic N) is 1. The largest absolute Gasteiger partial charge is 0.444 e. The topological polar surface area (TPSA) is 75.7 Å². The SMILES string of the molecule is CC(C)(C)OC(=O)NC1CCCN(S(=O)(=O)c2ccc(Br)s2)C1. The van der Waals surface area contributed by atoms with Gasteiger partial charge >= 0.3 is 6.09 Å². The van der Waals surface area contributed by atoms with Gasteiger partial charge in [-0.05, 0) is 61.7 Å². The lowest BCUT2D eigenvalue weighted by molar-refractivity contribution is 0.0487. The summed E-state index contributed by atoms with van der Waals surface area (Å²) in [5.41, 5.74) is -0.576. The number of amides is 1. The van der Waals surface area contributed by atoms with Crippen LogP contribution in [0.4, 0.5) is 4.79 Å². The Morgan fingerprint density at radius 3 is 2.70 bits per heavy atom. The van der Waals surface area contributed by atoms with E-state index >= 15 is 0 Å². The maximum atomic E-state index is 12.6. The van der Waals surface area contributed by atoms with Crippen LogP contribution in [0.15, 0.2) is 20.1 Å². The lowest BCUT2D eigenvalue weighted by Gasteiger charge is -2.32. The highest BCUT2D eigenvalue weighted by Gasteiger charge is 2.32. The zero-order chi connectivity index (χ0) is 17.3. The molecule has 1 unspecified atom stereocenters. The van der Waals surface area contributed by atoms with Crippen molar-refractivity contribution in [1.29, 1.82) is 0 Å². The van der Waals surface area contributed by atoms with Crippen LogP contribution < -0.4 is 5.32 Å². The average Bonchev–Trinajstić information content (AvgIpc) is 2.84. The first kappa shape index (κ1) is 18.7. The van der Waals surface area contributed by atoms with Gasteiger partial charge in [0, 0.05) is 19.1 Å². The summed E-state index contributed by atoms with van der Waals surface area (Å²) in [6.07, 6.45) is 0.923. The maximum absolute atomic E-state index is 12.6. The molecule has 2 rings (SSSR count). The summed E-state index contributed by atoms with van der Waals surface area (Å²) in [6.45, 7) is 6.10. The molecular formula is C14H21BrN2O4S2. The Morgan fingerprint density at radius 2 is 2.13 bits per heavy atom. The van der Waals surface area contributed by atoms with Gasteiger partial charge in [0.05, 0.1) is 3.79 Å². The predicted octanol–water partition coefficient (Wildman–Crippen LogP) is 3.19. The van der Waals surface area contributed by atoms with E-state index in [2.05, 4.69) is 21.2 Å². The average molecular weight is 425 g/mol. The normalized spacial score (nSPS) is 20.3. The van der Waals surface area contributed by atoms with Crippen LogP contribution in [0.3, 0.4) is 0 Å². The van der Waals surface area contributed by atoms with Crippen LogP contribution in [-0.2, 0) is 14.8 Å². The molecule has 1 aromatic rings. The fraction of sp³-hybridized carbons (Fsp3) is 0.643. The number of alkyl carbamates (subject to hydrolysis) is 1. The minimum Gasteiger partial charge on any atom is -0.444 e. The van der Waals surface area contributed by atoms with Gasteiger partial charge in [-0.25, -0.2) is 13.2 Å². The molecule has 0 radical (unpaired) electrons. The van der Waals surface area contributed by atoms with Crippen molar-refractivity contribution in [2.45, 2.75) is 49.5 Å². The minimum atomic E-state index is -3.52. The molecule has 0 spiro atoms. The summed E-state index contributed by atoms with van der Waals surface area (Å²) in [5, 5.41) is 2.76. The molecule has 1 N–H and O–H groups in total. The smallest absolute Gasteiger partial charge is 0.407 e. The van der Waals surface area contributed by atoms with Gasteiger partial charge in [-0.2, -0.15) is 4.31 Å². The van der Waals surface area contributed by atoms with Crippen LogP contribution in [0.25, 0.3) is 0 Å². The Balaban J connectivity index is 2.02. The summed E-state index contributed by atoms with van der Waals surface area (Å²) >= 11 is 4.47. The molecule has 0 bridgehead atoms. The van der Waals surface area contributed by atoms with Crippen LogP contribution in [0.5, 0.6) is 0 Å². The van der Waals surface area contributed by atoms with Gasteiger partial charge in [-0.15, -0.1) is 11.3 Å². The minimum absolute atomic E-state index is 0.239. The number of nitrogens with one attached hydrogen (secondary N) is 1. The van der Waals surface area contributed by atoms with E-state index in [9.17, 15) is 13.2 Å². The predicted molar refractivity (Wildman–Crippen MR) is 93.2 cm³/mol. The molecule has 0 aromatic carbocycles. The molecule has 0 saturated carbocycles. The second-order valence-corrected chi connectivity index (χ2v) is 11.0. The number of piperidine rings is 1. The number of sulfonamides is 1. The standard InChI is InChI=1S/C14H21BrN2O4S2/c1-14(2,3)21-13(18)16-10-5-4-8-17(9-10)23(19,20)12-7-6-11(15)22-12/h6-7,10H,4-5,8-9H2,1-3H3,(H,16,18). The highest BCUT2D eigenvalue weighted by Crippen LogP contribution is 2.29. The van der Waals surface area contributed by atoms with Crippen molar-refractivity contribution in [2.75, 3.05) is 13.1 Å². The molecule has 1 aliphatic rings. The second-order valence-electron chi connectivity index (χ2n) is 6.41. The van der Waals surface area contributed by atoms with Crippen LogP contribution in [0.1, 0.15) is 33.6 Å². The molecule has 6 nitrogen and oxygen atoms in total. The van der Waals surface area contributed by atoms with Crippen LogP contribution >= 0.6 is 27.3 Å². The zero-order valence-corrected chi connectivity index (χ0v) is 16.6. The summed E-state index contributed by atoms with van der Waals surface area (Å²) in [7, 11) is -3.52. The quantitative estimate of drug-likeness (QED) is 0.807. The Labute approximate surface area is 149 Å². The van der Waals surface area contributed by atoms with Crippen molar-refractivity contribution in [3.8, 4) is 0 Å². The van der Waals surface area contributed by atoms with Crippen LogP contribution in [-0.4, -0.2) is 43.5 Å². The van der Waals surface area contributed by atoms with E-state index < -0.39 is 21.7 Å². The number of ether oxygens (including phenoxy) is 1. The van der Waals surface area contributed by atoms with Gasteiger partial charge in [0.25, 0.3) is 10.0 Å². The van der Waals surface area contributed by atoms with Gasteiger partial charge < -0.3 is 10.1 Å². The first-order valence-electron chi connectivity index (χ1n) is 7.33. The molecule has 1 aromatic heterocycles. The third kappa shape index (κ3) is 5.17. The van der Waals surface area contributed by atoms with Crippen molar-refractivity contribution in [2.24, 2.45) is 0 Å². The number of carbonyl (C=O) groups excluding carboxylic acids is 1. The number of rotatable bonds is 3. The fourth-order valence-electron chi connectivity index (χ4n) is 2.32. The van der Waals surface area contributed by atoms with Crippen molar-refractivity contribution >= 4 is 43.4 Å². The molecule has 1 atom stereocenters. The molecule has 2 heterocycles. The number of thiophene rings is 1. The third-order valence-electron chi connectivity index (χ3n) is 3.25. The Hall–Kier alpha value is -0.640. The van der Waals surface area contributed by atoms with E-state index in [1.165, 1.54) is 15.6 Å². The molecule has 0 aliphatic carbocycles. The lowest BCUT2D eigenvalue weighted by atomic mass is 10.1. The molecular weight excluding hydrogens is 404 g/mol. The summed E-state index contributed by atoms with van der Waals surface area (Å²) in [4.78, 5) is 11.9.